The normalized spacial score (nSPS) is 18.8. The van der Waals surface area contributed by atoms with E-state index in [4.69, 9.17) is 14.2 Å². The molecular weight excluding hydrogens is 392 g/mol. The summed E-state index contributed by atoms with van der Waals surface area (Å²) in [5.74, 6) is 0.0367. The molecule has 1 saturated heterocycles. The Morgan fingerprint density at radius 1 is 1.06 bits per heavy atom. The Morgan fingerprint density at radius 2 is 1.74 bits per heavy atom. The van der Waals surface area contributed by atoms with Crippen molar-refractivity contribution in [2.75, 3.05) is 58.5 Å². The van der Waals surface area contributed by atoms with Gasteiger partial charge >= 0.3 is 0 Å². The summed E-state index contributed by atoms with van der Waals surface area (Å²) < 4.78 is 16.8. The van der Waals surface area contributed by atoms with Crippen LogP contribution in [0.25, 0.3) is 0 Å². The Bertz CT molecular complexity index is 835. The van der Waals surface area contributed by atoms with Gasteiger partial charge in [0.05, 0.1) is 31.4 Å². The number of benzene rings is 2. The Kier molecular flexibility index (Phi) is 8.46. The molecule has 0 radical (unpaired) electrons. The van der Waals surface area contributed by atoms with E-state index in [0.29, 0.717) is 45.0 Å². The van der Waals surface area contributed by atoms with Crippen LogP contribution in [0, 0.1) is 6.92 Å². The smallest absolute Gasteiger partial charge is 0.256 e. The standard InChI is InChI=1S/C25H34N2O4/c1-19-10-11-23(26(12-14-29-3)13-15-30-4)22(16-19)25(28)27-17-20(2)31-24(18-27)21-8-6-5-7-9-21/h5-11,16,20,24H,12-15,17-18H2,1-4H3/t20-,24-/m1/s1. The maximum absolute atomic E-state index is 13.7. The lowest BCUT2D eigenvalue weighted by atomic mass is 10.0. The van der Waals surface area contributed by atoms with Crippen molar-refractivity contribution < 1.29 is 19.0 Å². The highest BCUT2D eigenvalue weighted by Crippen LogP contribution is 2.29. The first-order valence-corrected chi connectivity index (χ1v) is 10.9. The van der Waals surface area contributed by atoms with Gasteiger partial charge in [-0.25, -0.2) is 0 Å². The van der Waals surface area contributed by atoms with Crippen molar-refractivity contribution in [2.45, 2.75) is 26.1 Å². The molecule has 0 N–H and O–H groups in total. The highest BCUT2D eigenvalue weighted by molar-refractivity contribution is 6.00. The molecule has 2 aromatic rings. The Balaban J connectivity index is 1.88. The van der Waals surface area contributed by atoms with Gasteiger partial charge in [0.2, 0.25) is 0 Å². The zero-order valence-corrected chi connectivity index (χ0v) is 19.0. The van der Waals surface area contributed by atoms with Gasteiger partial charge in [-0.15, -0.1) is 0 Å². The van der Waals surface area contributed by atoms with Crippen molar-refractivity contribution in [2.24, 2.45) is 0 Å². The van der Waals surface area contributed by atoms with E-state index in [1.165, 1.54) is 0 Å². The predicted molar refractivity (Wildman–Crippen MR) is 123 cm³/mol. The largest absolute Gasteiger partial charge is 0.383 e. The van der Waals surface area contributed by atoms with Crippen molar-refractivity contribution in [3.63, 3.8) is 0 Å². The Labute approximate surface area is 185 Å². The first-order chi connectivity index (χ1) is 15.0. The number of hydrogen-bond acceptors (Lipinski definition) is 5. The lowest BCUT2D eigenvalue weighted by Gasteiger charge is -2.38. The summed E-state index contributed by atoms with van der Waals surface area (Å²) in [5, 5.41) is 0. The highest BCUT2D eigenvalue weighted by Gasteiger charge is 2.31. The maximum Gasteiger partial charge on any atom is 0.256 e. The molecule has 0 aromatic heterocycles. The van der Waals surface area contributed by atoms with E-state index >= 15 is 0 Å². The third-order valence-corrected chi connectivity index (χ3v) is 5.57. The average molecular weight is 427 g/mol. The molecule has 1 aliphatic rings. The second-order valence-electron chi connectivity index (χ2n) is 8.05. The first-order valence-electron chi connectivity index (χ1n) is 10.9. The monoisotopic (exact) mass is 426 g/mol. The van der Waals surface area contributed by atoms with Crippen LogP contribution >= 0.6 is 0 Å². The number of carbonyl (C=O) groups excluding carboxylic acids is 1. The summed E-state index contributed by atoms with van der Waals surface area (Å²) in [6, 6.07) is 16.2. The lowest BCUT2D eigenvalue weighted by molar-refractivity contribution is -0.0691. The number of aryl methyl sites for hydroxylation is 1. The first kappa shape index (κ1) is 23.3. The van der Waals surface area contributed by atoms with Crippen molar-refractivity contribution in [1.29, 1.82) is 0 Å². The molecule has 2 atom stereocenters. The number of anilines is 1. The number of nitrogens with zero attached hydrogens (tertiary/aromatic N) is 2. The molecule has 1 heterocycles. The molecule has 0 unspecified atom stereocenters. The van der Waals surface area contributed by atoms with Crippen LogP contribution in [0.4, 0.5) is 5.69 Å². The average Bonchev–Trinajstić information content (AvgIpc) is 2.79. The molecule has 0 spiro atoms. The van der Waals surface area contributed by atoms with E-state index in [1.54, 1.807) is 14.2 Å². The highest BCUT2D eigenvalue weighted by atomic mass is 16.5. The van der Waals surface area contributed by atoms with E-state index < -0.39 is 0 Å². The Hall–Kier alpha value is -2.41. The molecule has 2 aromatic carbocycles. The fourth-order valence-corrected chi connectivity index (χ4v) is 3.99. The molecule has 0 bridgehead atoms. The van der Waals surface area contributed by atoms with Crippen molar-refractivity contribution in [1.82, 2.24) is 4.90 Å². The molecule has 1 aliphatic heterocycles. The van der Waals surface area contributed by atoms with Gasteiger partial charge in [-0.3, -0.25) is 4.79 Å². The topological polar surface area (TPSA) is 51.2 Å². The molecule has 3 rings (SSSR count). The fraction of sp³-hybridized carbons (Fsp3) is 0.480. The predicted octanol–water partition coefficient (Wildman–Crippen LogP) is 3.70. The van der Waals surface area contributed by atoms with E-state index in [9.17, 15) is 4.79 Å². The van der Waals surface area contributed by atoms with Crippen LogP contribution in [-0.4, -0.2) is 70.5 Å². The summed E-state index contributed by atoms with van der Waals surface area (Å²) in [4.78, 5) is 17.8. The van der Waals surface area contributed by atoms with Gasteiger partial charge in [0.25, 0.3) is 5.91 Å². The molecule has 0 aliphatic carbocycles. The van der Waals surface area contributed by atoms with E-state index in [0.717, 1.165) is 16.8 Å². The quantitative estimate of drug-likeness (QED) is 0.612. The van der Waals surface area contributed by atoms with Crippen LogP contribution in [0.15, 0.2) is 48.5 Å². The minimum absolute atomic E-state index is 0.0331. The van der Waals surface area contributed by atoms with Gasteiger partial charge in [0.15, 0.2) is 0 Å². The molecule has 168 valence electrons. The van der Waals surface area contributed by atoms with Crippen LogP contribution in [0.5, 0.6) is 0 Å². The molecule has 6 nitrogen and oxygen atoms in total. The van der Waals surface area contributed by atoms with Crippen LogP contribution in [0.3, 0.4) is 0 Å². The van der Waals surface area contributed by atoms with Gasteiger partial charge in [0, 0.05) is 39.5 Å². The van der Waals surface area contributed by atoms with Gasteiger partial charge < -0.3 is 24.0 Å². The second-order valence-corrected chi connectivity index (χ2v) is 8.05. The molecule has 1 fully saturated rings. The van der Waals surface area contributed by atoms with Crippen molar-refractivity contribution in [3.05, 3.63) is 65.2 Å². The number of hydrogen-bond donors (Lipinski definition) is 0. The number of rotatable bonds is 9. The van der Waals surface area contributed by atoms with Crippen LogP contribution in [-0.2, 0) is 14.2 Å². The zero-order chi connectivity index (χ0) is 22.2. The number of ether oxygens (including phenoxy) is 3. The maximum atomic E-state index is 13.7. The van der Waals surface area contributed by atoms with E-state index in [2.05, 4.69) is 17.0 Å². The minimum atomic E-state index is -0.125. The summed E-state index contributed by atoms with van der Waals surface area (Å²) in [7, 11) is 3.38. The zero-order valence-electron chi connectivity index (χ0n) is 19.0. The van der Waals surface area contributed by atoms with Gasteiger partial charge in [-0.2, -0.15) is 0 Å². The lowest BCUT2D eigenvalue weighted by Crippen LogP contribution is -2.46. The Morgan fingerprint density at radius 3 is 2.39 bits per heavy atom. The minimum Gasteiger partial charge on any atom is -0.383 e. The van der Waals surface area contributed by atoms with Crippen LogP contribution in [0.2, 0.25) is 0 Å². The SMILES string of the molecule is COCCN(CCOC)c1ccc(C)cc1C(=O)N1C[C@@H](C)O[C@@H](c2ccccc2)C1. The third-order valence-electron chi connectivity index (χ3n) is 5.57. The van der Waals surface area contributed by atoms with Gasteiger partial charge in [-0.05, 0) is 31.5 Å². The van der Waals surface area contributed by atoms with Crippen LogP contribution in [0.1, 0.15) is 34.5 Å². The number of methoxy groups -OCH3 is 2. The summed E-state index contributed by atoms with van der Waals surface area (Å²) in [5.41, 5.74) is 3.79. The van der Waals surface area contributed by atoms with E-state index in [1.807, 2.05) is 55.1 Å². The number of carbonyl (C=O) groups is 1. The van der Waals surface area contributed by atoms with Crippen molar-refractivity contribution >= 4 is 11.6 Å². The molecule has 31 heavy (non-hydrogen) atoms. The van der Waals surface area contributed by atoms with Gasteiger partial charge in [0.1, 0.15) is 6.10 Å². The summed E-state index contributed by atoms with van der Waals surface area (Å²) in [6.07, 6.45) is -0.158. The second kappa shape index (κ2) is 11.3. The van der Waals surface area contributed by atoms with E-state index in [-0.39, 0.29) is 18.1 Å². The fourth-order valence-electron chi connectivity index (χ4n) is 3.99. The molecular formula is C25H34N2O4. The summed E-state index contributed by atoms with van der Waals surface area (Å²) >= 11 is 0. The van der Waals surface area contributed by atoms with Crippen LogP contribution < -0.4 is 4.90 Å². The number of morpholine rings is 1. The van der Waals surface area contributed by atoms with Gasteiger partial charge in [-0.1, -0.05) is 42.0 Å². The van der Waals surface area contributed by atoms with Crippen molar-refractivity contribution in [3.8, 4) is 0 Å². The molecule has 0 saturated carbocycles. The number of amides is 1. The third kappa shape index (κ3) is 6.06. The molecule has 6 heteroatoms. The molecule has 1 amide bonds. The summed E-state index contributed by atoms with van der Waals surface area (Å²) in [6.45, 7) is 7.69.